The number of carboxylic acid groups (broad SMARTS) is 1. The molecule has 0 aliphatic rings. The number of rotatable bonds is 7. The summed E-state index contributed by atoms with van der Waals surface area (Å²) < 4.78 is 5.07. The molecule has 0 amide bonds. The molecule has 1 rings (SSSR count). The zero-order valence-corrected chi connectivity index (χ0v) is 11.0. The lowest BCUT2D eigenvalue weighted by Gasteiger charge is -2.29. The van der Waals surface area contributed by atoms with Crippen molar-refractivity contribution in [3.8, 4) is 0 Å². The highest BCUT2D eigenvalue weighted by molar-refractivity contribution is 5.84. The number of hydrogen-bond donors (Lipinski definition) is 1. The minimum Gasteiger partial charge on any atom is -0.476 e. The summed E-state index contributed by atoms with van der Waals surface area (Å²) in [6.07, 6.45) is 3.73. The highest BCUT2D eigenvalue weighted by Gasteiger charge is 2.15. The van der Waals surface area contributed by atoms with E-state index in [9.17, 15) is 4.79 Å². The van der Waals surface area contributed by atoms with Crippen LogP contribution in [0.5, 0.6) is 0 Å². The van der Waals surface area contributed by atoms with Gasteiger partial charge in [0.25, 0.3) is 0 Å². The van der Waals surface area contributed by atoms with E-state index in [-0.39, 0.29) is 5.69 Å². The molecule has 0 saturated carbocycles. The molecule has 0 radical (unpaired) electrons. The lowest BCUT2D eigenvalue weighted by atomic mass is 10.2. The number of nitrogens with zero attached hydrogens (tertiary/aromatic N) is 3. The summed E-state index contributed by atoms with van der Waals surface area (Å²) in [5.41, 5.74) is -0.0467. The molecule has 0 bridgehead atoms. The molecule has 1 atom stereocenters. The average Bonchev–Trinajstić information content (AvgIpc) is 2.39. The Labute approximate surface area is 107 Å². The number of anilines is 1. The van der Waals surface area contributed by atoms with Crippen LogP contribution in [-0.2, 0) is 4.74 Å². The number of ether oxygens (including phenoxy) is 1. The molecule has 0 aliphatic heterocycles. The topological polar surface area (TPSA) is 75.5 Å². The van der Waals surface area contributed by atoms with Crippen LogP contribution in [0.15, 0.2) is 12.4 Å². The Kier molecular flexibility index (Phi) is 5.51. The lowest BCUT2D eigenvalue weighted by molar-refractivity contribution is 0.0690. The van der Waals surface area contributed by atoms with Crippen LogP contribution < -0.4 is 4.90 Å². The van der Waals surface area contributed by atoms with Gasteiger partial charge in [0, 0.05) is 19.7 Å². The molecule has 0 spiro atoms. The molecule has 100 valence electrons. The van der Waals surface area contributed by atoms with Crippen molar-refractivity contribution in [1.82, 2.24) is 9.97 Å². The number of aromatic nitrogens is 2. The van der Waals surface area contributed by atoms with Gasteiger partial charge in [0.1, 0.15) is 5.82 Å². The fraction of sp³-hybridized carbons (Fsp3) is 0.583. The van der Waals surface area contributed by atoms with Gasteiger partial charge in [-0.15, -0.1) is 0 Å². The summed E-state index contributed by atoms with van der Waals surface area (Å²) in [7, 11) is 1.65. The Morgan fingerprint density at radius 1 is 1.50 bits per heavy atom. The third kappa shape index (κ3) is 3.66. The van der Waals surface area contributed by atoms with Gasteiger partial charge < -0.3 is 14.7 Å². The zero-order valence-electron chi connectivity index (χ0n) is 11.0. The van der Waals surface area contributed by atoms with Crippen LogP contribution in [-0.4, -0.2) is 47.3 Å². The Balaban J connectivity index is 2.87. The van der Waals surface area contributed by atoms with E-state index in [2.05, 4.69) is 28.7 Å². The van der Waals surface area contributed by atoms with Crippen molar-refractivity contribution in [3.05, 3.63) is 18.1 Å². The largest absolute Gasteiger partial charge is 0.476 e. The maximum Gasteiger partial charge on any atom is 0.356 e. The molecule has 0 aliphatic carbocycles. The normalized spacial score (nSPS) is 12.2. The summed E-state index contributed by atoms with van der Waals surface area (Å²) >= 11 is 0. The first kappa shape index (κ1) is 14.4. The maximum absolute atomic E-state index is 10.7. The number of carbonyl (C=O) groups is 1. The number of hydrogen-bond acceptors (Lipinski definition) is 5. The fourth-order valence-electron chi connectivity index (χ4n) is 1.55. The van der Waals surface area contributed by atoms with E-state index < -0.39 is 5.97 Å². The Morgan fingerprint density at radius 3 is 2.67 bits per heavy atom. The van der Waals surface area contributed by atoms with Crippen molar-refractivity contribution >= 4 is 11.8 Å². The first-order valence-electron chi connectivity index (χ1n) is 5.91. The van der Waals surface area contributed by atoms with Crippen LogP contribution in [0.2, 0.25) is 0 Å². The van der Waals surface area contributed by atoms with Gasteiger partial charge in [-0.1, -0.05) is 6.92 Å². The van der Waals surface area contributed by atoms with Crippen LogP contribution in [0, 0.1) is 0 Å². The molecule has 1 N–H and O–H groups in total. The third-order valence-electron chi connectivity index (χ3n) is 2.81. The van der Waals surface area contributed by atoms with Gasteiger partial charge >= 0.3 is 5.97 Å². The molecule has 6 heteroatoms. The Morgan fingerprint density at radius 2 is 2.22 bits per heavy atom. The SMILES string of the molecule is CCC(C)N(CCOC)c1cnc(C(=O)O)cn1. The average molecular weight is 253 g/mol. The van der Waals surface area contributed by atoms with Crippen molar-refractivity contribution in [3.63, 3.8) is 0 Å². The van der Waals surface area contributed by atoms with E-state index in [0.29, 0.717) is 25.0 Å². The predicted molar refractivity (Wildman–Crippen MR) is 68.0 cm³/mol. The van der Waals surface area contributed by atoms with Gasteiger partial charge in [0.15, 0.2) is 5.69 Å². The molecule has 6 nitrogen and oxygen atoms in total. The first-order chi connectivity index (χ1) is 8.60. The summed E-state index contributed by atoms with van der Waals surface area (Å²) in [5.74, 6) is -0.396. The van der Waals surface area contributed by atoms with Gasteiger partial charge in [0.05, 0.1) is 19.0 Å². The van der Waals surface area contributed by atoms with Crippen molar-refractivity contribution in [2.24, 2.45) is 0 Å². The lowest BCUT2D eigenvalue weighted by Crippen LogP contribution is -2.36. The van der Waals surface area contributed by atoms with Crippen molar-refractivity contribution in [1.29, 1.82) is 0 Å². The van der Waals surface area contributed by atoms with E-state index in [1.54, 1.807) is 7.11 Å². The van der Waals surface area contributed by atoms with Gasteiger partial charge in [-0.05, 0) is 13.3 Å². The standard InChI is InChI=1S/C12H19N3O3/c1-4-9(2)15(5-6-18-3)11-8-13-10(7-14-11)12(16)17/h7-9H,4-6H2,1-3H3,(H,16,17). The van der Waals surface area contributed by atoms with Gasteiger partial charge in [-0.2, -0.15) is 0 Å². The second kappa shape index (κ2) is 6.90. The van der Waals surface area contributed by atoms with Crippen molar-refractivity contribution < 1.29 is 14.6 Å². The van der Waals surface area contributed by atoms with Crippen molar-refractivity contribution in [2.45, 2.75) is 26.3 Å². The van der Waals surface area contributed by atoms with E-state index in [0.717, 1.165) is 6.42 Å². The van der Waals surface area contributed by atoms with E-state index >= 15 is 0 Å². The summed E-state index contributed by atoms with van der Waals surface area (Å²) in [5, 5.41) is 8.77. The smallest absolute Gasteiger partial charge is 0.356 e. The monoisotopic (exact) mass is 253 g/mol. The molecule has 1 heterocycles. The Bertz CT molecular complexity index is 381. The minimum atomic E-state index is -1.07. The number of carboxylic acids is 1. The quantitative estimate of drug-likeness (QED) is 0.792. The van der Waals surface area contributed by atoms with Crippen LogP contribution in [0.25, 0.3) is 0 Å². The first-order valence-corrected chi connectivity index (χ1v) is 5.91. The predicted octanol–water partition coefficient (Wildman–Crippen LogP) is 1.43. The molecule has 0 fully saturated rings. The van der Waals surface area contributed by atoms with Crippen LogP contribution >= 0.6 is 0 Å². The number of aromatic carboxylic acids is 1. The molecular formula is C12H19N3O3. The highest BCUT2D eigenvalue weighted by atomic mass is 16.5. The van der Waals surface area contributed by atoms with E-state index in [4.69, 9.17) is 9.84 Å². The van der Waals surface area contributed by atoms with Gasteiger partial charge in [-0.3, -0.25) is 0 Å². The number of methoxy groups -OCH3 is 1. The molecule has 18 heavy (non-hydrogen) atoms. The molecular weight excluding hydrogens is 234 g/mol. The van der Waals surface area contributed by atoms with Crippen molar-refractivity contribution in [2.75, 3.05) is 25.2 Å². The highest BCUT2D eigenvalue weighted by Crippen LogP contribution is 2.14. The van der Waals surface area contributed by atoms with Crippen LogP contribution in [0.1, 0.15) is 30.8 Å². The van der Waals surface area contributed by atoms with E-state index in [1.807, 2.05) is 0 Å². The summed E-state index contributed by atoms with van der Waals surface area (Å²) in [4.78, 5) is 20.8. The summed E-state index contributed by atoms with van der Waals surface area (Å²) in [6.45, 7) is 5.46. The van der Waals surface area contributed by atoms with Crippen LogP contribution in [0.3, 0.4) is 0 Å². The van der Waals surface area contributed by atoms with Gasteiger partial charge in [0.2, 0.25) is 0 Å². The molecule has 1 aromatic rings. The maximum atomic E-state index is 10.7. The van der Waals surface area contributed by atoms with Gasteiger partial charge in [-0.25, -0.2) is 14.8 Å². The second-order valence-corrected chi connectivity index (χ2v) is 4.01. The third-order valence-corrected chi connectivity index (χ3v) is 2.81. The van der Waals surface area contributed by atoms with E-state index in [1.165, 1.54) is 12.4 Å². The molecule has 1 aromatic heterocycles. The Hall–Kier alpha value is -1.69. The summed E-state index contributed by atoms with van der Waals surface area (Å²) in [6, 6.07) is 0.296. The molecule has 0 saturated heterocycles. The molecule has 0 aromatic carbocycles. The fourth-order valence-corrected chi connectivity index (χ4v) is 1.55. The zero-order chi connectivity index (χ0) is 13.5. The van der Waals surface area contributed by atoms with Crippen LogP contribution in [0.4, 0.5) is 5.82 Å². The molecule has 1 unspecified atom stereocenters. The minimum absolute atomic E-state index is 0.0467. The second-order valence-electron chi connectivity index (χ2n) is 4.01.